The highest BCUT2D eigenvalue weighted by atomic mass is 32.2. The van der Waals surface area contributed by atoms with Crippen molar-refractivity contribution in [2.45, 2.75) is 4.90 Å². The zero-order valence-electron chi connectivity index (χ0n) is 14.8. The number of hydrogen-bond acceptors (Lipinski definition) is 8. The molecular formula is C17H11F2N7O3S. The van der Waals surface area contributed by atoms with E-state index in [-0.39, 0.29) is 33.7 Å². The smallest absolute Gasteiger partial charge is 0.322 e. The molecule has 0 aliphatic rings. The van der Waals surface area contributed by atoms with Crippen LogP contribution in [-0.4, -0.2) is 39.0 Å². The van der Waals surface area contributed by atoms with E-state index in [2.05, 4.69) is 35.3 Å². The first-order valence-corrected chi connectivity index (χ1v) is 9.71. The Morgan fingerprint density at radius 3 is 2.47 bits per heavy atom. The quantitative estimate of drug-likeness (QED) is 0.475. The first-order valence-electron chi connectivity index (χ1n) is 8.23. The van der Waals surface area contributed by atoms with Crippen molar-refractivity contribution in [2.24, 2.45) is 0 Å². The fourth-order valence-corrected chi connectivity index (χ4v) is 3.43. The average Bonchev–Trinajstić information content (AvgIpc) is 3.26. The monoisotopic (exact) mass is 431 g/mol. The molecule has 13 heteroatoms. The minimum atomic E-state index is -4.11. The second kappa shape index (κ2) is 7.79. The third kappa shape index (κ3) is 4.05. The molecule has 0 radical (unpaired) electrons. The number of aromatic nitrogens is 6. The molecule has 0 spiro atoms. The van der Waals surface area contributed by atoms with Crippen molar-refractivity contribution in [3.8, 4) is 23.1 Å². The Kier molecular flexibility index (Phi) is 5.02. The molecule has 2 heterocycles. The van der Waals surface area contributed by atoms with Crippen LogP contribution in [0, 0.1) is 11.6 Å². The molecule has 2 aromatic carbocycles. The van der Waals surface area contributed by atoms with Crippen LogP contribution in [0.4, 0.5) is 14.5 Å². The highest BCUT2D eigenvalue weighted by Gasteiger charge is 2.19. The van der Waals surface area contributed by atoms with Crippen LogP contribution in [0.2, 0.25) is 0 Å². The number of nitrogens with one attached hydrogen (secondary N) is 2. The maximum Gasteiger partial charge on any atom is 0.322 e. The Morgan fingerprint density at radius 2 is 1.77 bits per heavy atom. The van der Waals surface area contributed by atoms with Gasteiger partial charge in [-0.05, 0) is 35.5 Å². The third-order valence-electron chi connectivity index (χ3n) is 3.75. The Balaban J connectivity index is 1.54. The summed E-state index contributed by atoms with van der Waals surface area (Å²) in [6.45, 7) is 0. The number of nitrogens with zero attached hydrogens (tertiary/aromatic N) is 5. The van der Waals surface area contributed by atoms with Gasteiger partial charge in [0.2, 0.25) is 5.82 Å². The summed E-state index contributed by atoms with van der Waals surface area (Å²) in [5.41, 5.74) is -0.127. The Hall–Kier alpha value is -4.00. The highest BCUT2D eigenvalue weighted by molar-refractivity contribution is 7.92. The fraction of sp³-hybridized carbons (Fsp3) is 0. The lowest BCUT2D eigenvalue weighted by Crippen LogP contribution is -2.14. The number of hydrogen-bond donors (Lipinski definition) is 2. The summed E-state index contributed by atoms with van der Waals surface area (Å²) in [7, 11) is -4.11. The van der Waals surface area contributed by atoms with Gasteiger partial charge < -0.3 is 4.74 Å². The first kappa shape index (κ1) is 19.3. The van der Waals surface area contributed by atoms with Gasteiger partial charge in [-0.15, -0.1) is 10.2 Å². The van der Waals surface area contributed by atoms with E-state index in [0.29, 0.717) is 0 Å². The number of H-pyrrole nitrogens is 1. The normalized spacial score (nSPS) is 11.3. The molecule has 0 aliphatic carbocycles. The maximum atomic E-state index is 14.0. The molecule has 2 aromatic heterocycles. The highest BCUT2D eigenvalue weighted by Crippen LogP contribution is 2.25. The van der Waals surface area contributed by atoms with Gasteiger partial charge in [-0.1, -0.05) is 12.1 Å². The van der Waals surface area contributed by atoms with Crippen LogP contribution in [0.5, 0.6) is 11.8 Å². The molecule has 0 unspecified atom stereocenters. The van der Waals surface area contributed by atoms with Gasteiger partial charge in [0.15, 0.2) is 11.6 Å². The molecule has 0 fully saturated rings. The number of ether oxygens (including phenoxy) is 1. The Bertz CT molecular complexity index is 1280. The maximum absolute atomic E-state index is 14.0. The Labute approximate surface area is 168 Å². The summed E-state index contributed by atoms with van der Waals surface area (Å²) in [5.74, 6) is -1.48. The summed E-state index contributed by atoms with van der Waals surface area (Å²) in [4.78, 5) is 7.45. The van der Waals surface area contributed by atoms with Crippen molar-refractivity contribution in [3.05, 3.63) is 66.5 Å². The van der Waals surface area contributed by atoms with Gasteiger partial charge in [0, 0.05) is 0 Å². The lowest BCUT2D eigenvalue weighted by Gasteiger charge is -2.09. The first-order chi connectivity index (χ1) is 14.4. The number of aromatic amines is 1. The Morgan fingerprint density at radius 1 is 1.00 bits per heavy atom. The number of halogens is 2. The summed E-state index contributed by atoms with van der Waals surface area (Å²) in [6.07, 6.45) is 2.29. The molecule has 152 valence electrons. The number of para-hydroxylation sites is 1. The standard InChI is InChI=1S/C17H11F2N7O3S/c18-13-6-5-11(7-12(13)16-22-25-26-23-16)30(27,28)24-10-8-20-17(21-9-10)29-15-4-2-1-3-14(15)19/h1-9,24H,(H,22,23,25,26). The van der Waals surface area contributed by atoms with Crippen molar-refractivity contribution < 1.29 is 21.9 Å². The fourth-order valence-electron chi connectivity index (χ4n) is 2.38. The van der Waals surface area contributed by atoms with Gasteiger partial charge in [-0.3, -0.25) is 4.72 Å². The van der Waals surface area contributed by atoms with Crippen molar-refractivity contribution in [3.63, 3.8) is 0 Å². The van der Waals surface area contributed by atoms with E-state index < -0.39 is 21.7 Å². The van der Waals surface area contributed by atoms with Crippen LogP contribution in [0.1, 0.15) is 0 Å². The van der Waals surface area contributed by atoms with Crippen LogP contribution in [0.25, 0.3) is 11.4 Å². The van der Waals surface area contributed by atoms with Gasteiger partial charge in [-0.2, -0.15) is 5.21 Å². The molecule has 2 N–H and O–H groups in total. The van der Waals surface area contributed by atoms with E-state index in [4.69, 9.17) is 4.74 Å². The second-order valence-corrected chi connectivity index (χ2v) is 7.45. The van der Waals surface area contributed by atoms with E-state index in [1.54, 1.807) is 6.07 Å². The number of anilines is 1. The zero-order chi connectivity index (χ0) is 21.1. The average molecular weight is 431 g/mol. The molecule has 0 saturated carbocycles. The van der Waals surface area contributed by atoms with Crippen LogP contribution in [-0.2, 0) is 10.0 Å². The second-order valence-electron chi connectivity index (χ2n) is 5.77. The predicted octanol–water partition coefficient (Wildman–Crippen LogP) is 2.53. The summed E-state index contributed by atoms with van der Waals surface area (Å²) in [5, 5.41) is 12.8. The molecule has 0 bridgehead atoms. The summed E-state index contributed by atoms with van der Waals surface area (Å²) >= 11 is 0. The zero-order valence-corrected chi connectivity index (χ0v) is 15.6. The SMILES string of the molecule is O=S(=O)(Nc1cnc(Oc2ccccc2F)nc1)c1ccc(F)c(-c2nn[nH]n2)c1. The van der Waals surface area contributed by atoms with Crippen LogP contribution < -0.4 is 9.46 Å². The lowest BCUT2D eigenvalue weighted by molar-refractivity contribution is 0.411. The summed E-state index contributed by atoms with van der Waals surface area (Å²) in [6, 6.07) is 8.63. The van der Waals surface area contributed by atoms with Crippen molar-refractivity contribution >= 4 is 15.7 Å². The topological polar surface area (TPSA) is 136 Å². The van der Waals surface area contributed by atoms with E-state index >= 15 is 0 Å². The molecule has 30 heavy (non-hydrogen) atoms. The van der Waals surface area contributed by atoms with Crippen LogP contribution in [0.3, 0.4) is 0 Å². The molecule has 0 atom stereocenters. The molecule has 0 amide bonds. The van der Waals surface area contributed by atoms with Crippen molar-refractivity contribution in [1.82, 2.24) is 30.6 Å². The number of rotatable bonds is 6. The van der Waals surface area contributed by atoms with Crippen molar-refractivity contribution in [1.29, 1.82) is 0 Å². The van der Waals surface area contributed by atoms with Crippen LogP contribution >= 0.6 is 0 Å². The van der Waals surface area contributed by atoms with Gasteiger partial charge in [-0.25, -0.2) is 27.2 Å². The van der Waals surface area contributed by atoms with E-state index in [0.717, 1.165) is 30.6 Å². The van der Waals surface area contributed by atoms with Crippen LogP contribution in [0.15, 0.2) is 59.8 Å². The third-order valence-corrected chi connectivity index (χ3v) is 5.13. The number of sulfonamides is 1. The largest absolute Gasteiger partial charge is 0.421 e. The minimum Gasteiger partial charge on any atom is -0.421 e. The van der Waals surface area contributed by atoms with Gasteiger partial charge in [0.1, 0.15) is 5.82 Å². The van der Waals surface area contributed by atoms with E-state index in [1.807, 2.05) is 0 Å². The lowest BCUT2D eigenvalue weighted by atomic mass is 10.2. The number of benzene rings is 2. The predicted molar refractivity (Wildman–Crippen MR) is 98.9 cm³/mol. The van der Waals surface area contributed by atoms with Crippen molar-refractivity contribution in [2.75, 3.05) is 4.72 Å². The molecule has 10 nitrogen and oxygen atoms in total. The molecule has 0 saturated heterocycles. The molecule has 4 rings (SSSR count). The van der Waals surface area contributed by atoms with Gasteiger partial charge in [0.05, 0.1) is 28.5 Å². The molecule has 0 aliphatic heterocycles. The summed E-state index contributed by atoms with van der Waals surface area (Å²) < 4.78 is 60.3. The van der Waals surface area contributed by atoms with E-state index in [1.165, 1.54) is 18.2 Å². The molecular weight excluding hydrogens is 420 g/mol. The van der Waals surface area contributed by atoms with Gasteiger partial charge in [0.25, 0.3) is 10.0 Å². The number of tetrazole rings is 1. The van der Waals surface area contributed by atoms with E-state index in [9.17, 15) is 17.2 Å². The minimum absolute atomic E-state index is 0.0151. The van der Waals surface area contributed by atoms with Gasteiger partial charge >= 0.3 is 6.01 Å². The molecule has 4 aromatic rings.